The molecular formula is C26H29NO. The second-order valence-electron chi connectivity index (χ2n) is 8.96. The van der Waals surface area contributed by atoms with Crippen molar-refractivity contribution in [1.82, 2.24) is 0 Å². The number of anilines is 2. The van der Waals surface area contributed by atoms with E-state index in [-0.39, 0.29) is 5.41 Å². The topological polar surface area (TPSA) is 16.4 Å². The molecular weight excluding hydrogens is 342 g/mol. The second kappa shape index (κ2) is 6.70. The van der Waals surface area contributed by atoms with E-state index in [9.17, 15) is 0 Å². The zero-order chi connectivity index (χ0) is 20.1. The van der Waals surface area contributed by atoms with E-state index < -0.39 is 0 Å². The molecule has 1 aromatic heterocycles. The van der Waals surface area contributed by atoms with Gasteiger partial charge in [-0.15, -0.1) is 0 Å². The normalized spacial score (nSPS) is 12.2. The Labute approximate surface area is 167 Å². The molecule has 0 N–H and O–H groups in total. The van der Waals surface area contributed by atoms with E-state index in [1.807, 2.05) is 0 Å². The molecule has 0 unspecified atom stereocenters. The van der Waals surface area contributed by atoms with Gasteiger partial charge < -0.3 is 9.32 Å². The van der Waals surface area contributed by atoms with Crippen LogP contribution in [0, 0.1) is 0 Å². The summed E-state index contributed by atoms with van der Waals surface area (Å²) in [7, 11) is 2.13. The van der Waals surface area contributed by atoms with Crippen molar-refractivity contribution in [3.63, 3.8) is 0 Å². The summed E-state index contributed by atoms with van der Waals surface area (Å²) in [4.78, 5) is 2.26. The third kappa shape index (κ3) is 2.97. The van der Waals surface area contributed by atoms with Crippen LogP contribution in [0.25, 0.3) is 21.9 Å². The van der Waals surface area contributed by atoms with Gasteiger partial charge in [0.1, 0.15) is 5.58 Å². The fourth-order valence-electron chi connectivity index (χ4n) is 4.08. The largest absolute Gasteiger partial charge is 0.454 e. The van der Waals surface area contributed by atoms with Crippen LogP contribution in [0.4, 0.5) is 11.4 Å². The highest BCUT2D eigenvalue weighted by molar-refractivity contribution is 6.10. The summed E-state index contributed by atoms with van der Waals surface area (Å²) in [6.07, 6.45) is 0. The molecule has 0 radical (unpaired) electrons. The first-order valence-electron chi connectivity index (χ1n) is 10.1. The van der Waals surface area contributed by atoms with Crippen molar-refractivity contribution in [2.45, 2.75) is 46.0 Å². The van der Waals surface area contributed by atoms with Gasteiger partial charge in [-0.3, -0.25) is 0 Å². The minimum atomic E-state index is 0.0669. The lowest BCUT2D eigenvalue weighted by Gasteiger charge is -2.29. The van der Waals surface area contributed by atoms with E-state index in [1.54, 1.807) is 0 Å². The molecule has 0 aliphatic heterocycles. The van der Waals surface area contributed by atoms with Gasteiger partial charge in [-0.1, -0.05) is 83.1 Å². The molecule has 0 saturated carbocycles. The zero-order valence-electron chi connectivity index (χ0n) is 17.7. The number of rotatable bonds is 3. The first-order valence-corrected chi connectivity index (χ1v) is 10.1. The van der Waals surface area contributed by atoms with Crippen molar-refractivity contribution >= 4 is 33.3 Å². The van der Waals surface area contributed by atoms with Crippen LogP contribution in [0.15, 0.2) is 65.1 Å². The molecule has 4 rings (SSSR count). The molecule has 28 heavy (non-hydrogen) atoms. The number of para-hydroxylation sites is 3. The predicted molar refractivity (Wildman–Crippen MR) is 121 cm³/mol. The molecule has 1 heterocycles. The van der Waals surface area contributed by atoms with E-state index in [1.165, 1.54) is 27.6 Å². The summed E-state index contributed by atoms with van der Waals surface area (Å²) in [6.45, 7) is 11.2. The van der Waals surface area contributed by atoms with Crippen LogP contribution in [-0.4, -0.2) is 7.05 Å². The molecule has 0 spiro atoms. The molecule has 0 fully saturated rings. The van der Waals surface area contributed by atoms with Gasteiger partial charge in [-0.2, -0.15) is 0 Å². The van der Waals surface area contributed by atoms with Crippen LogP contribution in [0.1, 0.15) is 51.7 Å². The van der Waals surface area contributed by atoms with Gasteiger partial charge in [-0.05, 0) is 34.6 Å². The van der Waals surface area contributed by atoms with Crippen LogP contribution in [0.3, 0.4) is 0 Å². The highest BCUT2D eigenvalue weighted by Crippen LogP contribution is 2.41. The summed E-state index contributed by atoms with van der Waals surface area (Å²) < 4.78 is 6.50. The standard InChI is InChI=1S/C26H29NO/c1-17(2)18-11-9-12-19-20-13-10-16-23(25(20)28-24(18)19)27(6)22-15-8-7-14-21(22)26(3,4)5/h7-17H,1-6H3. The fraction of sp³-hybridized carbons (Fsp3) is 0.308. The Morgan fingerprint density at radius 3 is 2.04 bits per heavy atom. The second-order valence-corrected chi connectivity index (χ2v) is 8.96. The molecule has 2 nitrogen and oxygen atoms in total. The molecule has 0 atom stereocenters. The summed E-state index contributed by atoms with van der Waals surface area (Å²) >= 11 is 0. The molecule has 0 bridgehead atoms. The van der Waals surface area contributed by atoms with Crippen LogP contribution >= 0.6 is 0 Å². The van der Waals surface area contributed by atoms with Gasteiger partial charge in [0, 0.05) is 23.5 Å². The van der Waals surface area contributed by atoms with Gasteiger partial charge >= 0.3 is 0 Å². The van der Waals surface area contributed by atoms with Crippen LogP contribution in [0.2, 0.25) is 0 Å². The van der Waals surface area contributed by atoms with E-state index in [0.717, 1.165) is 16.9 Å². The van der Waals surface area contributed by atoms with Crippen molar-refractivity contribution in [3.05, 3.63) is 71.8 Å². The van der Waals surface area contributed by atoms with Crippen LogP contribution in [-0.2, 0) is 5.41 Å². The van der Waals surface area contributed by atoms with E-state index >= 15 is 0 Å². The Kier molecular flexibility index (Phi) is 4.45. The van der Waals surface area contributed by atoms with Crippen molar-refractivity contribution in [2.75, 3.05) is 11.9 Å². The summed E-state index contributed by atoms with van der Waals surface area (Å²) in [5.41, 5.74) is 6.93. The number of furan rings is 1. The Hall–Kier alpha value is -2.74. The lowest BCUT2D eigenvalue weighted by molar-refractivity contribution is 0.590. The fourth-order valence-corrected chi connectivity index (χ4v) is 4.08. The highest BCUT2D eigenvalue weighted by Gasteiger charge is 2.22. The zero-order valence-corrected chi connectivity index (χ0v) is 17.7. The summed E-state index contributed by atoms with van der Waals surface area (Å²) in [6, 6.07) is 21.6. The number of nitrogens with zero attached hydrogens (tertiary/aromatic N) is 1. The lowest BCUT2D eigenvalue weighted by atomic mass is 9.85. The average molecular weight is 372 g/mol. The minimum absolute atomic E-state index is 0.0669. The first-order chi connectivity index (χ1) is 13.3. The molecule has 144 valence electrons. The average Bonchev–Trinajstić information content (AvgIpc) is 3.05. The quantitative estimate of drug-likeness (QED) is 0.365. The maximum Gasteiger partial charge on any atom is 0.159 e. The van der Waals surface area contributed by atoms with E-state index in [2.05, 4.69) is 107 Å². The highest BCUT2D eigenvalue weighted by atomic mass is 16.3. The monoisotopic (exact) mass is 371 g/mol. The van der Waals surface area contributed by atoms with Gasteiger partial charge in [0.25, 0.3) is 0 Å². The maximum absolute atomic E-state index is 6.50. The minimum Gasteiger partial charge on any atom is -0.454 e. The van der Waals surface area contributed by atoms with Crippen molar-refractivity contribution in [3.8, 4) is 0 Å². The lowest BCUT2D eigenvalue weighted by Crippen LogP contribution is -2.19. The third-order valence-electron chi connectivity index (χ3n) is 5.59. The Balaban J connectivity index is 1.96. The summed E-state index contributed by atoms with van der Waals surface area (Å²) in [5.74, 6) is 0.423. The van der Waals surface area contributed by atoms with Crippen LogP contribution in [0.5, 0.6) is 0 Å². The SMILES string of the molecule is CC(C)c1cccc2c1oc1c(N(C)c3ccccc3C(C)(C)C)cccc12. The van der Waals surface area contributed by atoms with E-state index in [0.29, 0.717) is 5.92 Å². The van der Waals surface area contributed by atoms with Gasteiger partial charge in [0.2, 0.25) is 0 Å². The maximum atomic E-state index is 6.50. The smallest absolute Gasteiger partial charge is 0.159 e. The van der Waals surface area contributed by atoms with Crippen molar-refractivity contribution in [2.24, 2.45) is 0 Å². The third-order valence-corrected chi connectivity index (χ3v) is 5.59. The van der Waals surface area contributed by atoms with Crippen LogP contribution < -0.4 is 4.90 Å². The van der Waals surface area contributed by atoms with E-state index in [4.69, 9.17) is 4.42 Å². The van der Waals surface area contributed by atoms with Gasteiger partial charge in [0.05, 0.1) is 5.69 Å². The number of hydrogen-bond donors (Lipinski definition) is 0. The molecule has 0 saturated heterocycles. The Morgan fingerprint density at radius 1 is 0.750 bits per heavy atom. The Morgan fingerprint density at radius 2 is 1.36 bits per heavy atom. The summed E-state index contributed by atoms with van der Waals surface area (Å²) in [5, 5.41) is 2.37. The molecule has 0 aliphatic carbocycles. The number of fused-ring (bicyclic) bond motifs is 3. The van der Waals surface area contributed by atoms with Gasteiger partial charge in [-0.25, -0.2) is 0 Å². The molecule has 0 amide bonds. The molecule has 4 aromatic rings. The Bertz CT molecular complexity index is 1140. The molecule has 3 aromatic carbocycles. The molecule has 0 aliphatic rings. The number of benzene rings is 3. The van der Waals surface area contributed by atoms with Crippen molar-refractivity contribution in [1.29, 1.82) is 0 Å². The number of hydrogen-bond acceptors (Lipinski definition) is 2. The van der Waals surface area contributed by atoms with Gasteiger partial charge in [0.15, 0.2) is 5.58 Å². The molecule has 2 heteroatoms. The first kappa shape index (κ1) is 18.6. The van der Waals surface area contributed by atoms with Crippen molar-refractivity contribution < 1.29 is 4.42 Å². The predicted octanol–water partition coefficient (Wildman–Crippen LogP) is 7.77.